The minimum Gasteiger partial charge on any atom is -0.494 e. The average Bonchev–Trinajstić information content (AvgIpc) is 3.13. The number of ether oxygens (including phenoxy) is 2. The second-order valence-electron chi connectivity index (χ2n) is 5.94. The van der Waals surface area contributed by atoms with Gasteiger partial charge in [0.15, 0.2) is 16.3 Å². The second-order valence-corrected chi connectivity index (χ2v) is 6.33. The number of hydrogen-bond donors (Lipinski definition) is 2. The molecule has 1 aliphatic heterocycles. The van der Waals surface area contributed by atoms with Crippen molar-refractivity contribution in [2.45, 2.75) is 6.54 Å². The van der Waals surface area contributed by atoms with Crippen LogP contribution in [-0.4, -0.2) is 27.7 Å². The van der Waals surface area contributed by atoms with Gasteiger partial charge in [-0.1, -0.05) is 18.2 Å². The number of aliphatic imine (C=N–C) groups is 1. The summed E-state index contributed by atoms with van der Waals surface area (Å²) in [5.74, 6) is 0.201. The van der Waals surface area contributed by atoms with E-state index in [-0.39, 0.29) is 29.4 Å². The molecular formula is C19H14FN3O4S. The van der Waals surface area contributed by atoms with Crippen molar-refractivity contribution < 1.29 is 19.0 Å². The molecule has 0 spiro atoms. The third-order valence-corrected chi connectivity index (χ3v) is 4.43. The number of aromatic amines is 1. The van der Waals surface area contributed by atoms with Gasteiger partial charge >= 0.3 is 0 Å². The Bertz CT molecular complexity index is 1200. The monoisotopic (exact) mass is 399 g/mol. The molecule has 0 fully saturated rings. The van der Waals surface area contributed by atoms with Gasteiger partial charge in [-0.3, -0.25) is 19.3 Å². The molecule has 4 rings (SSSR count). The molecule has 0 amide bonds. The van der Waals surface area contributed by atoms with Crippen LogP contribution in [0.4, 0.5) is 4.39 Å². The molecule has 0 atom stereocenters. The molecule has 28 heavy (non-hydrogen) atoms. The highest BCUT2D eigenvalue weighted by molar-refractivity contribution is 7.71. The predicted octanol–water partition coefficient (Wildman–Crippen LogP) is 3.09. The lowest BCUT2D eigenvalue weighted by Gasteiger charge is -2.11. The Balaban J connectivity index is 1.67. The molecule has 2 heterocycles. The van der Waals surface area contributed by atoms with Crippen LogP contribution in [-0.2, 0) is 6.54 Å². The van der Waals surface area contributed by atoms with Gasteiger partial charge in [0.2, 0.25) is 12.7 Å². The fraction of sp³-hybridized carbons (Fsp3) is 0.105. The number of hydrogen-bond acceptors (Lipinski definition) is 6. The maximum Gasteiger partial charge on any atom is 0.264 e. The van der Waals surface area contributed by atoms with Crippen molar-refractivity contribution in [2.75, 3.05) is 6.79 Å². The smallest absolute Gasteiger partial charge is 0.264 e. The molecular weight excluding hydrogens is 385 g/mol. The lowest BCUT2D eigenvalue weighted by atomic mass is 10.2. The summed E-state index contributed by atoms with van der Waals surface area (Å²) in [6.45, 7) is 0.416. The molecule has 9 heteroatoms. The van der Waals surface area contributed by atoms with Gasteiger partial charge < -0.3 is 14.6 Å². The fourth-order valence-corrected chi connectivity index (χ4v) is 3.07. The maximum atomic E-state index is 14.1. The minimum absolute atomic E-state index is 0.0201. The van der Waals surface area contributed by atoms with Crippen LogP contribution in [0, 0.1) is 10.6 Å². The van der Waals surface area contributed by atoms with Crippen molar-refractivity contribution in [1.82, 2.24) is 9.55 Å². The highest BCUT2D eigenvalue weighted by Crippen LogP contribution is 2.32. The van der Waals surface area contributed by atoms with Crippen LogP contribution in [0.15, 0.2) is 52.3 Å². The molecule has 7 nitrogen and oxygen atoms in total. The van der Waals surface area contributed by atoms with E-state index >= 15 is 0 Å². The van der Waals surface area contributed by atoms with E-state index < -0.39 is 17.3 Å². The number of para-hydroxylation sites is 1. The average molecular weight is 399 g/mol. The summed E-state index contributed by atoms with van der Waals surface area (Å²) in [6.07, 6.45) is 1.23. The van der Waals surface area contributed by atoms with Crippen molar-refractivity contribution in [3.63, 3.8) is 0 Å². The highest BCUT2D eigenvalue weighted by atomic mass is 32.1. The number of halogens is 1. The number of aromatic hydroxyl groups is 1. The number of fused-ring (bicyclic) bond motifs is 1. The van der Waals surface area contributed by atoms with E-state index in [2.05, 4.69) is 9.98 Å². The number of H-pyrrole nitrogens is 1. The Morgan fingerprint density at radius 3 is 2.86 bits per heavy atom. The normalized spacial score (nSPS) is 12.6. The molecule has 0 saturated carbocycles. The molecule has 0 unspecified atom stereocenters. The number of nitrogens with zero attached hydrogens (tertiary/aromatic N) is 2. The lowest BCUT2D eigenvalue weighted by Crippen LogP contribution is -2.18. The molecule has 0 aliphatic carbocycles. The lowest BCUT2D eigenvalue weighted by molar-refractivity contribution is 0.174. The largest absolute Gasteiger partial charge is 0.494 e. The van der Waals surface area contributed by atoms with Gasteiger partial charge in [-0.25, -0.2) is 4.39 Å². The van der Waals surface area contributed by atoms with Gasteiger partial charge in [0.1, 0.15) is 11.4 Å². The summed E-state index contributed by atoms with van der Waals surface area (Å²) < 4.78 is 25.6. The summed E-state index contributed by atoms with van der Waals surface area (Å²) in [6, 6.07) is 11.2. The van der Waals surface area contributed by atoms with Crippen molar-refractivity contribution >= 4 is 18.4 Å². The van der Waals surface area contributed by atoms with Crippen LogP contribution in [0.2, 0.25) is 0 Å². The van der Waals surface area contributed by atoms with Crippen LogP contribution in [0.3, 0.4) is 0 Å². The summed E-state index contributed by atoms with van der Waals surface area (Å²) in [5, 5.41) is 10.5. The van der Waals surface area contributed by atoms with E-state index in [9.17, 15) is 14.3 Å². The Hall–Kier alpha value is -3.46. The SMILES string of the molecule is O=c1[nH]c(=S)n(-c2ccccc2F)c(O)c1C=NCc1ccc2c(c1)OCO2. The Morgan fingerprint density at radius 2 is 2.04 bits per heavy atom. The first-order valence-electron chi connectivity index (χ1n) is 8.26. The van der Waals surface area contributed by atoms with E-state index in [1.807, 2.05) is 6.07 Å². The molecule has 0 saturated heterocycles. The summed E-state index contributed by atoms with van der Waals surface area (Å²) >= 11 is 5.07. The molecule has 142 valence electrons. The van der Waals surface area contributed by atoms with Crippen molar-refractivity contribution in [3.8, 4) is 23.1 Å². The van der Waals surface area contributed by atoms with E-state index in [0.29, 0.717) is 11.5 Å². The Kier molecular flexibility index (Phi) is 4.66. The minimum atomic E-state index is -0.621. The van der Waals surface area contributed by atoms with Crippen molar-refractivity contribution in [2.24, 2.45) is 4.99 Å². The zero-order chi connectivity index (χ0) is 19.7. The predicted molar refractivity (Wildman–Crippen MR) is 103 cm³/mol. The van der Waals surface area contributed by atoms with Gasteiger partial charge in [-0.05, 0) is 42.0 Å². The van der Waals surface area contributed by atoms with Crippen LogP contribution in [0.1, 0.15) is 11.1 Å². The number of rotatable bonds is 4. The first-order valence-corrected chi connectivity index (χ1v) is 8.67. The molecule has 3 aromatic rings. The van der Waals surface area contributed by atoms with Gasteiger partial charge in [0.25, 0.3) is 5.56 Å². The quantitative estimate of drug-likeness (QED) is 0.520. The molecule has 2 aromatic carbocycles. The molecule has 1 aromatic heterocycles. The number of benzene rings is 2. The van der Waals surface area contributed by atoms with Crippen LogP contribution in [0.25, 0.3) is 5.69 Å². The molecule has 0 radical (unpaired) electrons. The Labute approximate surface area is 163 Å². The van der Waals surface area contributed by atoms with Crippen molar-refractivity contribution in [3.05, 3.63) is 74.5 Å². The van der Waals surface area contributed by atoms with E-state index in [0.717, 1.165) is 10.1 Å². The van der Waals surface area contributed by atoms with Crippen molar-refractivity contribution in [1.29, 1.82) is 0 Å². The van der Waals surface area contributed by atoms with Crippen LogP contribution in [0.5, 0.6) is 17.4 Å². The Morgan fingerprint density at radius 1 is 1.25 bits per heavy atom. The fourth-order valence-electron chi connectivity index (χ4n) is 2.79. The molecule has 0 bridgehead atoms. The molecule has 1 aliphatic rings. The zero-order valence-electron chi connectivity index (χ0n) is 14.4. The topological polar surface area (TPSA) is 88.8 Å². The highest BCUT2D eigenvalue weighted by Gasteiger charge is 2.15. The van der Waals surface area contributed by atoms with E-state index in [4.69, 9.17) is 21.7 Å². The standard InChI is InChI=1S/C19H14FN3O4S/c20-13-3-1-2-4-14(13)23-18(25)12(17(24)22-19(23)28)9-21-8-11-5-6-15-16(7-11)27-10-26-15/h1-7,9,25H,8,10H2,(H,22,24,28). The third-order valence-electron chi connectivity index (χ3n) is 4.15. The summed E-state index contributed by atoms with van der Waals surface area (Å²) in [5.41, 5.74) is 0.104. The van der Waals surface area contributed by atoms with Gasteiger partial charge in [-0.2, -0.15) is 0 Å². The zero-order valence-corrected chi connectivity index (χ0v) is 15.2. The maximum absolute atomic E-state index is 14.1. The molecule has 2 N–H and O–H groups in total. The van der Waals surface area contributed by atoms with Crippen LogP contribution < -0.4 is 15.0 Å². The van der Waals surface area contributed by atoms with Gasteiger partial charge in [0.05, 0.1) is 12.2 Å². The second kappa shape index (κ2) is 7.28. The first-order chi connectivity index (χ1) is 13.5. The van der Waals surface area contributed by atoms with Gasteiger partial charge in [0, 0.05) is 6.21 Å². The van der Waals surface area contributed by atoms with Crippen LogP contribution >= 0.6 is 12.2 Å². The summed E-state index contributed by atoms with van der Waals surface area (Å²) in [7, 11) is 0. The number of aromatic nitrogens is 2. The third kappa shape index (κ3) is 3.27. The van der Waals surface area contributed by atoms with E-state index in [1.165, 1.54) is 24.4 Å². The first kappa shape index (κ1) is 17.9. The van der Waals surface area contributed by atoms with Gasteiger partial charge in [-0.15, -0.1) is 0 Å². The summed E-state index contributed by atoms with van der Waals surface area (Å²) in [4.78, 5) is 18.8. The number of nitrogens with one attached hydrogen (secondary N) is 1. The van der Waals surface area contributed by atoms with E-state index in [1.54, 1.807) is 18.2 Å².